The Hall–Kier alpha value is -2.86. The van der Waals surface area contributed by atoms with Crippen LogP contribution in [0.2, 0.25) is 0 Å². The lowest BCUT2D eigenvalue weighted by molar-refractivity contribution is -0.119. The van der Waals surface area contributed by atoms with Crippen molar-refractivity contribution >= 4 is 17.5 Å². The first-order chi connectivity index (χ1) is 12.2. The molecule has 1 aliphatic heterocycles. The maximum absolute atomic E-state index is 11.6. The summed E-state index contributed by atoms with van der Waals surface area (Å²) in [5.41, 5.74) is 4.20. The molecule has 3 rings (SSSR count). The molecule has 0 aliphatic carbocycles. The molecule has 1 atom stereocenters. The Kier molecular flexibility index (Phi) is 5.30. The molecule has 1 fully saturated rings. The molecule has 3 N–H and O–H groups in total. The highest BCUT2D eigenvalue weighted by Crippen LogP contribution is 2.22. The van der Waals surface area contributed by atoms with Gasteiger partial charge in [-0.2, -0.15) is 0 Å². The van der Waals surface area contributed by atoms with Crippen molar-refractivity contribution in [3.8, 4) is 0 Å². The van der Waals surface area contributed by atoms with E-state index in [1.54, 1.807) is 17.6 Å². The molecule has 0 aromatic heterocycles. The summed E-state index contributed by atoms with van der Waals surface area (Å²) in [5.74, 6) is -0.480. The minimum absolute atomic E-state index is 0.0611. The van der Waals surface area contributed by atoms with E-state index in [0.717, 1.165) is 18.7 Å². The van der Waals surface area contributed by atoms with Crippen molar-refractivity contribution in [2.45, 2.75) is 18.9 Å². The minimum Gasteiger partial charge on any atom is -0.366 e. The minimum atomic E-state index is -0.542. The Balaban J connectivity index is 1.78. The third-order valence-electron chi connectivity index (χ3n) is 4.44. The molecule has 1 unspecified atom stereocenters. The Morgan fingerprint density at radius 1 is 1.16 bits per heavy atom. The molecule has 2 aromatic carbocycles. The number of amides is 2. The monoisotopic (exact) mass is 339 g/mol. The van der Waals surface area contributed by atoms with Crippen molar-refractivity contribution in [2.75, 3.05) is 18.0 Å². The Morgan fingerprint density at radius 2 is 1.88 bits per heavy atom. The summed E-state index contributed by atoms with van der Waals surface area (Å²) in [4.78, 5) is 25.3. The first-order valence-corrected chi connectivity index (χ1v) is 8.29. The second kappa shape index (κ2) is 7.81. The van der Waals surface area contributed by atoms with Crippen LogP contribution in [-0.2, 0) is 11.2 Å². The topological polar surface area (TPSA) is 81.7 Å². The standard InChI is InChI=1S/C19H21N3O3/c23-18-12-17(13-20-18)22(11-10-14-4-2-1-3-5-14)16-8-6-15(7-9-16)19(24)21-25/h1-9,17,25H,10-13H2,(H,20,23)(H,21,24). The molecule has 1 saturated heterocycles. The van der Waals surface area contributed by atoms with Crippen LogP contribution in [0.3, 0.4) is 0 Å². The fourth-order valence-electron chi connectivity index (χ4n) is 3.10. The molecule has 0 spiro atoms. The van der Waals surface area contributed by atoms with Gasteiger partial charge in [0.25, 0.3) is 5.91 Å². The number of carbonyl (C=O) groups is 2. The van der Waals surface area contributed by atoms with Crippen molar-refractivity contribution in [1.82, 2.24) is 10.8 Å². The Labute approximate surface area is 146 Å². The normalized spacial score (nSPS) is 16.4. The predicted octanol–water partition coefficient (Wildman–Crippen LogP) is 1.74. The van der Waals surface area contributed by atoms with E-state index in [1.807, 2.05) is 30.3 Å². The van der Waals surface area contributed by atoms with E-state index in [2.05, 4.69) is 22.3 Å². The zero-order chi connectivity index (χ0) is 17.6. The summed E-state index contributed by atoms with van der Waals surface area (Å²) in [7, 11) is 0. The van der Waals surface area contributed by atoms with Gasteiger partial charge in [-0.25, -0.2) is 5.48 Å². The van der Waals surface area contributed by atoms with Crippen molar-refractivity contribution in [3.05, 3.63) is 65.7 Å². The lowest BCUT2D eigenvalue weighted by Gasteiger charge is -2.30. The van der Waals surface area contributed by atoms with Gasteiger partial charge >= 0.3 is 0 Å². The molecule has 130 valence electrons. The average Bonchev–Trinajstić information content (AvgIpc) is 3.09. The molecule has 1 heterocycles. The van der Waals surface area contributed by atoms with Crippen LogP contribution in [0.5, 0.6) is 0 Å². The molecule has 6 heteroatoms. The number of rotatable bonds is 6. The third kappa shape index (κ3) is 4.16. The zero-order valence-electron chi connectivity index (χ0n) is 13.8. The number of nitrogens with one attached hydrogen (secondary N) is 2. The highest BCUT2D eigenvalue weighted by Gasteiger charge is 2.27. The summed E-state index contributed by atoms with van der Waals surface area (Å²) in [6, 6.07) is 17.3. The summed E-state index contributed by atoms with van der Waals surface area (Å²) in [6.45, 7) is 1.39. The molecule has 1 aliphatic rings. The molecule has 0 radical (unpaired) electrons. The van der Waals surface area contributed by atoms with E-state index in [4.69, 9.17) is 5.21 Å². The lowest BCUT2D eigenvalue weighted by atomic mass is 10.1. The Morgan fingerprint density at radius 3 is 2.48 bits per heavy atom. The highest BCUT2D eigenvalue weighted by atomic mass is 16.5. The number of hydrogen-bond acceptors (Lipinski definition) is 4. The van der Waals surface area contributed by atoms with E-state index in [9.17, 15) is 9.59 Å². The van der Waals surface area contributed by atoms with Crippen molar-refractivity contribution < 1.29 is 14.8 Å². The number of benzene rings is 2. The van der Waals surface area contributed by atoms with Crippen LogP contribution >= 0.6 is 0 Å². The third-order valence-corrected chi connectivity index (χ3v) is 4.44. The van der Waals surface area contributed by atoms with Gasteiger partial charge in [0.05, 0.1) is 6.04 Å². The molecule has 6 nitrogen and oxygen atoms in total. The summed E-state index contributed by atoms with van der Waals surface area (Å²) in [6.07, 6.45) is 1.33. The number of nitrogens with zero attached hydrogens (tertiary/aromatic N) is 1. The molecular formula is C19H21N3O3. The van der Waals surface area contributed by atoms with Gasteiger partial charge in [0.1, 0.15) is 0 Å². The van der Waals surface area contributed by atoms with Crippen LogP contribution in [0.4, 0.5) is 5.69 Å². The van der Waals surface area contributed by atoms with Gasteiger partial charge in [0.2, 0.25) is 5.91 Å². The first-order valence-electron chi connectivity index (χ1n) is 8.29. The van der Waals surface area contributed by atoms with Crippen LogP contribution < -0.4 is 15.7 Å². The zero-order valence-corrected chi connectivity index (χ0v) is 13.8. The summed E-state index contributed by atoms with van der Waals surface area (Å²) in [5, 5.41) is 11.6. The highest BCUT2D eigenvalue weighted by molar-refractivity contribution is 5.93. The van der Waals surface area contributed by atoms with Crippen molar-refractivity contribution in [1.29, 1.82) is 0 Å². The van der Waals surface area contributed by atoms with Gasteiger partial charge in [0.15, 0.2) is 0 Å². The van der Waals surface area contributed by atoms with Crippen LogP contribution in [0.1, 0.15) is 22.3 Å². The average molecular weight is 339 g/mol. The SMILES string of the molecule is O=C1CC(N(CCc2ccccc2)c2ccc(C(=O)NO)cc2)CN1. The maximum Gasteiger partial charge on any atom is 0.274 e. The fraction of sp³-hybridized carbons (Fsp3) is 0.263. The molecule has 2 aromatic rings. The number of anilines is 1. The number of hydrogen-bond donors (Lipinski definition) is 3. The van der Waals surface area contributed by atoms with E-state index in [1.165, 1.54) is 5.56 Å². The predicted molar refractivity (Wildman–Crippen MR) is 94.6 cm³/mol. The van der Waals surface area contributed by atoms with Gasteiger partial charge in [-0.15, -0.1) is 0 Å². The lowest BCUT2D eigenvalue weighted by Crippen LogP contribution is -2.38. The Bertz CT molecular complexity index is 731. The maximum atomic E-state index is 11.6. The molecular weight excluding hydrogens is 318 g/mol. The summed E-state index contributed by atoms with van der Waals surface area (Å²) < 4.78 is 0. The van der Waals surface area contributed by atoms with E-state index >= 15 is 0 Å². The van der Waals surface area contributed by atoms with Gasteiger partial charge in [-0.3, -0.25) is 14.8 Å². The quantitative estimate of drug-likeness (QED) is 0.553. The van der Waals surface area contributed by atoms with E-state index < -0.39 is 5.91 Å². The van der Waals surface area contributed by atoms with Crippen molar-refractivity contribution in [3.63, 3.8) is 0 Å². The number of hydroxylamine groups is 1. The van der Waals surface area contributed by atoms with Crippen molar-refractivity contribution in [2.24, 2.45) is 0 Å². The van der Waals surface area contributed by atoms with Gasteiger partial charge < -0.3 is 10.2 Å². The van der Waals surface area contributed by atoms with Gasteiger partial charge in [0, 0.05) is 30.8 Å². The second-order valence-corrected chi connectivity index (χ2v) is 6.08. The largest absolute Gasteiger partial charge is 0.366 e. The smallest absolute Gasteiger partial charge is 0.274 e. The number of carbonyl (C=O) groups excluding carboxylic acids is 2. The van der Waals surface area contributed by atoms with Crippen LogP contribution in [0, 0.1) is 0 Å². The fourth-order valence-corrected chi connectivity index (χ4v) is 3.10. The first kappa shape index (κ1) is 17.0. The molecule has 0 saturated carbocycles. The summed E-state index contributed by atoms with van der Waals surface area (Å²) >= 11 is 0. The molecule has 2 amide bonds. The molecule has 25 heavy (non-hydrogen) atoms. The van der Waals surface area contributed by atoms with E-state index in [0.29, 0.717) is 18.5 Å². The van der Waals surface area contributed by atoms with Crippen LogP contribution in [-0.4, -0.2) is 36.2 Å². The van der Waals surface area contributed by atoms with E-state index in [-0.39, 0.29) is 11.9 Å². The van der Waals surface area contributed by atoms with Crippen LogP contribution in [0.15, 0.2) is 54.6 Å². The second-order valence-electron chi connectivity index (χ2n) is 6.08. The molecule has 0 bridgehead atoms. The van der Waals surface area contributed by atoms with Gasteiger partial charge in [-0.05, 0) is 36.2 Å². The van der Waals surface area contributed by atoms with Gasteiger partial charge in [-0.1, -0.05) is 30.3 Å². The van der Waals surface area contributed by atoms with Crippen LogP contribution in [0.25, 0.3) is 0 Å².